The Balaban J connectivity index is 0.000000281. The standard InChI is InChI=1S/C20H24O2.C13H18O/c1-5-16-6-8-17(9-7-16)14-21-15-18-10-12-19(13-11-18)22-20(2,3)4;1-5-11-6-8-12(9-7-11)10-14-13(2,3)4/h5-13H,1,14-15H2,2-4H3;5-9H,1,10H2,2-4H3. The van der Waals surface area contributed by atoms with Gasteiger partial charge in [0.15, 0.2) is 0 Å². The summed E-state index contributed by atoms with van der Waals surface area (Å²) in [5, 5.41) is 0. The van der Waals surface area contributed by atoms with Crippen LogP contribution in [0.15, 0.2) is 86.0 Å². The second kappa shape index (κ2) is 13.8. The Kier molecular flexibility index (Phi) is 11.2. The van der Waals surface area contributed by atoms with Crippen LogP contribution >= 0.6 is 0 Å². The van der Waals surface area contributed by atoms with Crippen LogP contribution in [0.25, 0.3) is 12.2 Å². The number of hydrogen-bond acceptors (Lipinski definition) is 3. The molecule has 3 aromatic rings. The normalized spacial score (nSPS) is 11.3. The molecule has 3 rings (SSSR count). The van der Waals surface area contributed by atoms with Crippen LogP contribution < -0.4 is 4.74 Å². The van der Waals surface area contributed by atoms with Crippen molar-refractivity contribution >= 4 is 12.2 Å². The van der Waals surface area contributed by atoms with Crippen LogP contribution in [-0.4, -0.2) is 11.2 Å². The van der Waals surface area contributed by atoms with Gasteiger partial charge in [0.05, 0.1) is 25.4 Å². The molecule has 0 N–H and O–H groups in total. The van der Waals surface area contributed by atoms with E-state index in [1.54, 1.807) is 0 Å². The van der Waals surface area contributed by atoms with E-state index in [-0.39, 0.29) is 11.2 Å². The molecule has 0 heterocycles. The van der Waals surface area contributed by atoms with Gasteiger partial charge >= 0.3 is 0 Å². The van der Waals surface area contributed by atoms with Crippen molar-refractivity contribution < 1.29 is 14.2 Å². The van der Waals surface area contributed by atoms with Crippen LogP contribution in [0.5, 0.6) is 5.75 Å². The van der Waals surface area contributed by atoms with E-state index in [0.717, 1.165) is 22.4 Å². The number of ether oxygens (including phenoxy) is 3. The first kappa shape index (κ1) is 29.1. The van der Waals surface area contributed by atoms with E-state index < -0.39 is 0 Å². The van der Waals surface area contributed by atoms with Gasteiger partial charge in [0, 0.05) is 0 Å². The Hall–Kier alpha value is -3.14. The summed E-state index contributed by atoms with van der Waals surface area (Å²) in [6, 6.07) is 24.5. The minimum absolute atomic E-state index is 0.0723. The lowest BCUT2D eigenvalue weighted by Gasteiger charge is -2.21. The molecule has 0 aromatic heterocycles. The molecule has 0 saturated heterocycles. The summed E-state index contributed by atoms with van der Waals surface area (Å²) in [6.45, 7) is 21.6. The SMILES string of the molecule is C=Cc1ccc(COC(C)(C)C)cc1.C=Cc1ccc(COCc2ccc(OC(C)(C)C)cc2)cc1. The van der Waals surface area contributed by atoms with E-state index in [0.29, 0.717) is 19.8 Å². The zero-order valence-electron chi connectivity index (χ0n) is 22.8. The van der Waals surface area contributed by atoms with E-state index in [1.165, 1.54) is 11.1 Å². The second-order valence-electron chi connectivity index (χ2n) is 10.6. The van der Waals surface area contributed by atoms with Gasteiger partial charge < -0.3 is 14.2 Å². The molecule has 0 fully saturated rings. The maximum Gasteiger partial charge on any atom is 0.120 e. The molecule has 3 nitrogen and oxygen atoms in total. The maximum atomic E-state index is 5.80. The molecular formula is C33H42O3. The quantitative estimate of drug-likeness (QED) is 0.302. The maximum absolute atomic E-state index is 5.80. The van der Waals surface area contributed by atoms with Gasteiger partial charge in [-0.2, -0.15) is 0 Å². The fraction of sp³-hybridized carbons (Fsp3) is 0.333. The third-order valence-electron chi connectivity index (χ3n) is 4.99. The van der Waals surface area contributed by atoms with Crippen molar-refractivity contribution in [2.45, 2.75) is 72.6 Å². The highest BCUT2D eigenvalue weighted by Gasteiger charge is 2.11. The number of rotatable bonds is 9. The summed E-state index contributed by atoms with van der Waals surface area (Å²) in [7, 11) is 0. The Labute approximate surface area is 218 Å². The Bertz CT molecular complexity index is 1050. The van der Waals surface area contributed by atoms with Crippen molar-refractivity contribution in [1.29, 1.82) is 0 Å². The minimum Gasteiger partial charge on any atom is -0.488 e. The first-order chi connectivity index (χ1) is 17.0. The van der Waals surface area contributed by atoms with Crippen LogP contribution in [0.3, 0.4) is 0 Å². The van der Waals surface area contributed by atoms with Crippen molar-refractivity contribution in [2.24, 2.45) is 0 Å². The molecule has 0 saturated carbocycles. The van der Waals surface area contributed by atoms with Crippen LogP contribution in [-0.2, 0) is 29.3 Å². The summed E-state index contributed by atoms with van der Waals surface area (Å²) >= 11 is 0. The van der Waals surface area contributed by atoms with Gasteiger partial charge in [-0.3, -0.25) is 0 Å². The van der Waals surface area contributed by atoms with Crippen LogP contribution in [0.4, 0.5) is 0 Å². The van der Waals surface area contributed by atoms with Crippen LogP contribution in [0.2, 0.25) is 0 Å². The highest BCUT2D eigenvalue weighted by molar-refractivity contribution is 5.47. The molecule has 0 amide bonds. The fourth-order valence-electron chi connectivity index (χ4n) is 3.09. The first-order valence-corrected chi connectivity index (χ1v) is 12.4. The van der Waals surface area contributed by atoms with E-state index in [2.05, 4.69) is 58.2 Å². The molecule has 0 spiro atoms. The lowest BCUT2D eigenvalue weighted by atomic mass is 10.1. The molecule has 0 aliphatic rings. The van der Waals surface area contributed by atoms with Crippen molar-refractivity contribution in [3.8, 4) is 5.75 Å². The molecule has 0 bridgehead atoms. The van der Waals surface area contributed by atoms with Crippen LogP contribution in [0, 0.1) is 0 Å². The summed E-state index contributed by atoms with van der Waals surface area (Å²) < 4.78 is 17.2. The molecule has 36 heavy (non-hydrogen) atoms. The number of hydrogen-bond donors (Lipinski definition) is 0. The van der Waals surface area contributed by atoms with Crippen molar-refractivity contribution in [3.63, 3.8) is 0 Å². The van der Waals surface area contributed by atoms with E-state index in [1.807, 2.05) is 81.5 Å². The predicted octanol–water partition coefficient (Wildman–Crippen LogP) is 8.87. The monoisotopic (exact) mass is 486 g/mol. The smallest absolute Gasteiger partial charge is 0.120 e. The minimum atomic E-state index is -0.171. The topological polar surface area (TPSA) is 27.7 Å². The zero-order chi connectivity index (χ0) is 26.6. The molecular weight excluding hydrogens is 444 g/mol. The van der Waals surface area contributed by atoms with Gasteiger partial charge in [-0.15, -0.1) is 0 Å². The molecule has 3 aromatic carbocycles. The highest BCUT2D eigenvalue weighted by Crippen LogP contribution is 2.19. The predicted molar refractivity (Wildman–Crippen MR) is 153 cm³/mol. The van der Waals surface area contributed by atoms with E-state index >= 15 is 0 Å². The first-order valence-electron chi connectivity index (χ1n) is 12.4. The third kappa shape index (κ3) is 12.0. The Morgan fingerprint density at radius 1 is 0.556 bits per heavy atom. The third-order valence-corrected chi connectivity index (χ3v) is 4.99. The molecule has 0 unspecified atom stereocenters. The van der Waals surface area contributed by atoms with Gasteiger partial charge in [0.1, 0.15) is 11.4 Å². The Morgan fingerprint density at radius 2 is 0.944 bits per heavy atom. The summed E-state index contributed by atoms with van der Waals surface area (Å²) in [6.07, 6.45) is 3.68. The second-order valence-corrected chi connectivity index (χ2v) is 10.6. The molecule has 0 atom stereocenters. The van der Waals surface area contributed by atoms with E-state index in [9.17, 15) is 0 Å². The Morgan fingerprint density at radius 3 is 1.31 bits per heavy atom. The van der Waals surface area contributed by atoms with Gasteiger partial charge in [-0.1, -0.05) is 86.0 Å². The average molecular weight is 487 g/mol. The van der Waals surface area contributed by atoms with Crippen molar-refractivity contribution in [2.75, 3.05) is 0 Å². The van der Waals surface area contributed by atoms with Crippen LogP contribution in [0.1, 0.15) is 69.4 Å². The molecule has 3 heteroatoms. The summed E-state index contributed by atoms with van der Waals surface area (Å²) in [5.74, 6) is 0.885. The molecule has 192 valence electrons. The van der Waals surface area contributed by atoms with Gasteiger partial charge in [0.2, 0.25) is 0 Å². The summed E-state index contributed by atoms with van der Waals surface area (Å²) in [5.41, 5.74) is 5.53. The summed E-state index contributed by atoms with van der Waals surface area (Å²) in [4.78, 5) is 0. The lowest BCUT2D eigenvalue weighted by Crippen LogP contribution is -2.22. The van der Waals surface area contributed by atoms with Gasteiger partial charge in [-0.25, -0.2) is 0 Å². The average Bonchev–Trinajstić information content (AvgIpc) is 2.84. The zero-order valence-corrected chi connectivity index (χ0v) is 22.8. The van der Waals surface area contributed by atoms with E-state index in [4.69, 9.17) is 14.2 Å². The molecule has 0 radical (unpaired) electrons. The molecule has 0 aliphatic heterocycles. The van der Waals surface area contributed by atoms with Gasteiger partial charge in [0.25, 0.3) is 0 Å². The lowest BCUT2D eigenvalue weighted by molar-refractivity contribution is -0.0149. The van der Waals surface area contributed by atoms with Crippen molar-refractivity contribution in [1.82, 2.24) is 0 Å². The van der Waals surface area contributed by atoms with Gasteiger partial charge in [-0.05, 0) is 81.5 Å². The fourth-order valence-corrected chi connectivity index (χ4v) is 3.09. The molecule has 0 aliphatic carbocycles. The highest BCUT2D eigenvalue weighted by atomic mass is 16.5. The van der Waals surface area contributed by atoms with Crippen molar-refractivity contribution in [3.05, 3.63) is 114 Å². The number of benzene rings is 3. The largest absolute Gasteiger partial charge is 0.488 e.